The number of sulfonamides is 1. The van der Waals surface area contributed by atoms with Crippen molar-refractivity contribution in [2.75, 3.05) is 32.8 Å². The summed E-state index contributed by atoms with van der Waals surface area (Å²) in [6.45, 7) is 4.69. The molecule has 1 saturated heterocycles. The van der Waals surface area contributed by atoms with Crippen LogP contribution in [0, 0.1) is 6.92 Å². The van der Waals surface area contributed by atoms with Crippen LogP contribution in [-0.2, 0) is 14.8 Å². The van der Waals surface area contributed by atoms with E-state index >= 15 is 0 Å². The molecule has 1 fully saturated rings. The first kappa shape index (κ1) is 18.3. The number of halogens is 2. The van der Waals surface area contributed by atoms with Crippen LogP contribution < -0.4 is 0 Å². The molecular weight excluding hydrogens is 363 g/mol. The van der Waals surface area contributed by atoms with E-state index in [-0.39, 0.29) is 23.0 Å². The van der Waals surface area contributed by atoms with Crippen LogP contribution in [0.3, 0.4) is 0 Å². The Morgan fingerprint density at radius 1 is 1.17 bits per heavy atom. The summed E-state index contributed by atoms with van der Waals surface area (Å²) in [5, 5.41) is 0.510. The summed E-state index contributed by atoms with van der Waals surface area (Å²) in [5.74, 6) is 0. The van der Waals surface area contributed by atoms with Gasteiger partial charge < -0.3 is 9.64 Å². The van der Waals surface area contributed by atoms with Gasteiger partial charge >= 0.3 is 6.09 Å². The van der Waals surface area contributed by atoms with Gasteiger partial charge in [0.05, 0.1) is 21.5 Å². The highest BCUT2D eigenvalue weighted by molar-refractivity contribution is 7.89. The number of ether oxygens (including phenoxy) is 1. The minimum atomic E-state index is -3.68. The Bertz CT molecular complexity index is 701. The number of benzene rings is 1. The molecule has 0 N–H and O–H groups in total. The molecule has 1 amide bonds. The largest absolute Gasteiger partial charge is 0.450 e. The lowest BCUT2D eigenvalue weighted by Gasteiger charge is -2.33. The fourth-order valence-corrected chi connectivity index (χ4v) is 4.47. The van der Waals surface area contributed by atoms with Gasteiger partial charge in [-0.15, -0.1) is 0 Å². The zero-order valence-corrected chi connectivity index (χ0v) is 15.2. The molecule has 0 spiro atoms. The van der Waals surface area contributed by atoms with Gasteiger partial charge in [-0.1, -0.05) is 23.2 Å². The molecule has 1 aliphatic rings. The van der Waals surface area contributed by atoms with Crippen LogP contribution >= 0.6 is 23.2 Å². The van der Waals surface area contributed by atoms with Gasteiger partial charge in [-0.3, -0.25) is 0 Å². The van der Waals surface area contributed by atoms with Gasteiger partial charge in [0.1, 0.15) is 0 Å². The van der Waals surface area contributed by atoms with Gasteiger partial charge in [-0.05, 0) is 31.5 Å². The molecular formula is C14H18Cl2N2O4S. The number of aryl methyl sites for hydroxylation is 1. The Balaban J connectivity index is 2.17. The summed E-state index contributed by atoms with van der Waals surface area (Å²) in [6.07, 6.45) is -0.421. The van der Waals surface area contributed by atoms with E-state index in [9.17, 15) is 13.2 Å². The van der Waals surface area contributed by atoms with Crippen molar-refractivity contribution in [3.8, 4) is 0 Å². The number of rotatable bonds is 3. The van der Waals surface area contributed by atoms with Crippen LogP contribution in [0.2, 0.25) is 10.0 Å². The number of nitrogens with zero attached hydrogens (tertiary/aromatic N) is 2. The third kappa shape index (κ3) is 3.91. The molecule has 9 heteroatoms. The van der Waals surface area contributed by atoms with Crippen molar-refractivity contribution in [3.63, 3.8) is 0 Å². The first-order chi connectivity index (χ1) is 10.8. The number of carbonyl (C=O) groups is 1. The van der Waals surface area contributed by atoms with E-state index in [0.29, 0.717) is 30.3 Å². The highest BCUT2D eigenvalue weighted by Crippen LogP contribution is 2.30. The van der Waals surface area contributed by atoms with E-state index in [1.807, 2.05) is 0 Å². The Morgan fingerprint density at radius 3 is 2.30 bits per heavy atom. The van der Waals surface area contributed by atoms with Crippen molar-refractivity contribution in [1.29, 1.82) is 0 Å². The van der Waals surface area contributed by atoms with Gasteiger partial charge in [0, 0.05) is 26.2 Å². The predicted molar refractivity (Wildman–Crippen MR) is 88.6 cm³/mol. The third-order valence-electron chi connectivity index (χ3n) is 3.60. The maximum Gasteiger partial charge on any atom is 0.409 e. The number of hydrogen-bond donors (Lipinski definition) is 0. The Labute approximate surface area is 146 Å². The Kier molecular flexibility index (Phi) is 5.78. The van der Waals surface area contributed by atoms with Crippen molar-refractivity contribution in [1.82, 2.24) is 9.21 Å². The van der Waals surface area contributed by atoms with E-state index in [4.69, 9.17) is 27.9 Å². The summed E-state index contributed by atoms with van der Waals surface area (Å²) in [7, 11) is -3.68. The van der Waals surface area contributed by atoms with Crippen molar-refractivity contribution >= 4 is 39.3 Å². The molecule has 0 atom stereocenters. The third-order valence-corrected chi connectivity index (χ3v) is 6.36. The lowest BCUT2D eigenvalue weighted by Crippen LogP contribution is -2.50. The van der Waals surface area contributed by atoms with Gasteiger partial charge in [0.2, 0.25) is 10.0 Å². The van der Waals surface area contributed by atoms with Crippen molar-refractivity contribution < 1.29 is 17.9 Å². The van der Waals surface area contributed by atoms with Crippen LogP contribution in [0.15, 0.2) is 17.0 Å². The van der Waals surface area contributed by atoms with Crippen LogP contribution in [0.5, 0.6) is 0 Å². The normalized spacial score (nSPS) is 16.4. The summed E-state index contributed by atoms with van der Waals surface area (Å²) < 4.78 is 31.8. The van der Waals surface area contributed by atoms with Gasteiger partial charge in [-0.2, -0.15) is 4.31 Å². The van der Waals surface area contributed by atoms with Gasteiger partial charge in [0.25, 0.3) is 0 Å². The Hall–Kier alpha value is -1.02. The second-order valence-electron chi connectivity index (χ2n) is 5.12. The fraction of sp³-hybridized carbons (Fsp3) is 0.500. The summed E-state index contributed by atoms with van der Waals surface area (Å²) >= 11 is 11.9. The van der Waals surface area contributed by atoms with Gasteiger partial charge in [-0.25, -0.2) is 13.2 Å². The average molecular weight is 381 g/mol. The first-order valence-electron chi connectivity index (χ1n) is 7.15. The highest BCUT2D eigenvalue weighted by atomic mass is 35.5. The molecule has 2 rings (SSSR count). The van der Waals surface area contributed by atoms with Crippen LogP contribution in [-0.4, -0.2) is 56.5 Å². The average Bonchev–Trinajstić information content (AvgIpc) is 2.51. The first-order valence-corrected chi connectivity index (χ1v) is 9.34. The van der Waals surface area contributed by atoms with Gasteiger partial charge in [0.15, 0.2) is 0 Å². The van der Waals surface area contributed by atoms with E-state index in [0.717, 1.165) is 0 Å². The Morgan fingerprint density at radius 2 is 1.74 bits per heavy atom. The molecule has 128 valence electrons. The topological polar surface area (TPSA) is 66.9 Å². The van der Waals surface area contributed by atoms with E-state index < -0.39 is 16.1 Å². The van der Waals surface area contributed by atoms with E-state index in [1.165, 1.54) is 21.3 Å². The summed E-state index contributed by atoms with van der Waals surface area (Å²) in [6, 6.07) is 2.90. The number of piperazine rings is 1. The minimum Gasteiger partial charge on any atom is -0.450 e. The fourth-order valence-electron chi connectivity index (χ4n) is 2.37. The summed E-state index contributed by atoms with van der Waals surface area (Å²) in [4.78, 5) is 13.3. The van der Waals surface area contributed by atoms with Crippen LogP contribution in [0.4, 0.5) is 4.79 Å². The molecule has 6 nitrogen and oxygen atoms in total. The van der Waals surface area contributed by atoms with E-state index in [1.54, 1.807) is 13.8 Å². The molecule has 0 unspecified atom stereocenters. The maximum absolute atomic E-state index is 12.8. The maximum atomic E-state index is 12.8. The second-order valence-corrected chi connectivity index (χ2v) is 7.84. The van der Waals surface area contributed by atoms with Crippen molar-refractivity contribution in [2.45, 2.75) is 18.7 Å². The summed E-state index contributed by atoms with van der Waals surface area (Å²) in [5.41, 5.74) is 0.534. The molecule has 1 aromatic rings. The molecule has 0 saturated carbocycles. The standard InChI is InChI=1S/C14H18Cl2N2O4S/c1-3-22-14(19)17-4-6-18(7-5-17)23(20,21)13-9-12(16)11(15)8-10(13)2/h8-9H,3-7H2,1-2H3. The molecule has 0 aromatic heterocycles. The quantitative estimate of drug-likeness (QED) is 0.808. The molecule has 1 heterocycles. The zero-order chi connectivity index (χ0) is 17.2. The highest BCUT2D eigenvalue weighted by Gasteiger charge is 2.31. The monoisotopic (exact) mass is 380 g/mol. The molecule has 0 aliphatic carbocycles. The number of amides is 1. The smallest absolute Gasteiger partial charge is 0.409 e. The number of hydrogen-bond acceptors (Lipinski definition) is 4. The second kappa shape index (κ2) is 7.25. The number of carbonyl (C=O) groups excluding carboxylic acids is 1. The lowest BCUT2D eigenvalue weighted by molar-refractivity contribution is 0.0934. The van der Waals surface area contributed by atoms with Crippen LogP contribution in [0.1, 0.15) is 12.5 Å². The lowest BCUT2D eigenvalue weighted by atomic mass is 10.2. The SMILES string of the molecule is CCOC(=O)N1CCN(S(=O)(=O)c2cc(Cl)c(Cl)cc2C)CC1. The molecule has 0 bridgehead atoms. The van der Waals surface area contributed by atoms with Crippen LogP contribution in [0.25, 0.3) is 0 Å². The van der Waals surface area contributed by atoms with Crippen molar-refractivity contribution in [2.24, 2.45) is 0 Å². The molecule has 0 radical (unpaired) electrons. The molecule has 1 aliphatic heterocycles. The zero-order valence-electron chi connectivity index (χ0n) is 12.9. The molecule has 1 aromatic carbocycles. The molecule has 23 heavy (non-hydrogen) atoms. The predicted octanol–water partition coefficient (Wildman–Crippen LogP) is 2.76. The van der Waals surface area contributed by atoms with E-state index in [2.05, 4.69) is 0 Å². The van der Waals surface area contributed by atoms with Crippen molar-refractivity contribution in [3.05, 3.63) is 27.7 Å². The minimum absolute atomic E-state index is 0.136.